The van der Waals surface area contributed by atoms with Crippen molar-refractivity contribution in [2.24, 2.45) is 17.3 Å². The lowest BCUT2D eigenvalue weighted by molar-refractivity contribution is 0.0227. The molecule has 196 valence electrons. The highest BCUT2D eigenvalue weighted by Crippen LogP contribution is 2.47. The van der Waals surface area contributed by atoms with E-state index in [2.05, 4.69) is 73.7 Å². The van der Waals surface area contributed by atoms with Crippen molar-refractivity contribution >= 4 is 23.1 Å². The molecule has 7 heterocycles. The molecule has 0 amide bonds. The van der Waals surface area contributed by atoms with Gasteiger partial charge in [0.05, 0.1) is 24.1 Å². The number of piperidine rings is 2. The van der Waals surface area contributed by atoms with Crippen LogP contribution in [0, 0.1) is 17.3 Å². The predicted octanol–water partition coefficient (Wildman–Crippen LogP) is 5.80. The van der Waals surface area contributed by atoms with E-state index >= 15 is 0 Å². The summed E-state index contributed by atoms with van der Waals surface area (Å²) in [4.78, 5) is 17.0. The number of imidazole rings is 1. The maximum Gasteiger partial charge on any atom is 0.137 e. The summed E-state index contributed by atoms with van der Waals surface area (Å²) in [6.45, 7) is 11.1. The quantitative estimate of drug-likeness (QED) is 0.438. The van der Waals surface area contributed by atoms with E-state index < -0.39 is 0 Å². The van der Waals surface area contributed by atoms with Gasteiger partial charge in [-0.3, -0.25) is 9.88 Å². The molecule has 9 rings (SSSR count). The minimum Gasteiger partial charge on any atom is -0.369 e. The molecule has 3 saturated heterocycles. The zero-order chi connectivity index (χ0) is 25.3. The highest BCUT2D eigenvalue weighted by atomic mass is 15.2. The fourth-order valence-electron chi connectivity index (χ4n) is 8.02. The Morgan fingerprint density at radius 3 is 2.58 bits per heavy atom. The molecule has 38 heavy (non-hydrogen) atoms. The van der Waals surface area contributed by atoms with Crippen molar-refractivity contribution in [1.82, 2.24) is 24.2 Å². The van der Waals surface area contributed by atoms with Crippen molar-refractivity contribution < 1.29 is 0 Å². The molecule has 0 radical (unpaired) electrons. The monoisotopic (exact) mass is 506 g/mol. The van der Waals surface area contributed by atoms with Gasteiger partial charge in [0.15, 0.2) is 0 Å². The SMILES string of the molecule is C=C1c2cncc(N3CC4(CCCCC4)C3)c2C=CN1Cc1cn2cc(CN3CC4CC(C4)C3)ccc2n1. The first-order valence-electron chi connectivity index (χ1n) is 14.7. The Balaban J connectivity index is 0.970. The first-order chi connectivity index (χ1) is 18.6. The Hall–Kier alpha value is -3.12. The number of nitrogens with zero attached hydrogens (tertiary/aromatic N) is 6. The molecule has 3 aromatic heterocycles. The second-order valence-corrected chi connectivity index (χ2v) is 12.9. The summed E-state index contributed by atoms with van der Waals surface area (Å²) in [6, 6.07) is 4.42. The molecule has 6 aliphatic rings. The number of hydrogen-bond acceptors (Lipinski definition) is 5. The van der Waals surface area contributed by atoms with Gasteiger partial charge in [0.1, 0.15) is 5.65 Å². The van der Waals surface area contributed by atoms with Crippen molar-refractivity contribution in [3.05, 3.63) is 72.1 Å². The summed E-state index contributed by atoms with van der Waals surface area (Å²) < 4.78 is 2.20. The maximum absolute atomic E-state index is 4.93. The van der Waals surface area contributed by atoms with Gasteiger partial charge in [-0.25, -0.2) is 4.98 Å². The van der Waals surface area contributed by atoms with E-state index in [0.717, 1.165) is 41.0 Å². The molecule has 6 nitrogen and oxygen atoms in total. The molecule has 5 fully saturated rings. The Kier molecular flexibility index (Phi) is 5.23. The molecule has 0 aromatic carbocycles. The molecule has 0 unspecified atom stereocenters. The van der Waals surface area contributed by atoms with Crippen molar-refractivity contribution in [2.75, 3.05) is 31.1 Å². The van der Waals surface area contributed by atoms with Crippen molar-refractivity contribution in [2.45, 2.75) is 58.0 Å². The lowest BCUT2D eigenvalue weighted by atomic mass is 9.68. The highest BCUT2D eigenvalue weighted by Gasteiger charge is 2.44. The van der Waals surface area contributed by atoms with E-state index in [1.165, 1.54) is 87.9 Å². The van der Waals surface area contributed by atoms with Gasteiger partial charge in [0.2, 0.25) is 0 Å². The summed E-state index contributed by atoms with van der Waals surface area (Å²) in [5.74, 6) is 1.89. The molecule has 2 bridgehead atoms. The molecular weight excluding hydrogens is 468 g/mol. The predicted molar refractivity (Wildman–Crippen MR) is 152 cm³/mol. The number of pyridine rings is 2. The van der Waals surface area contributed by atoms with Crippen LogP contribution in [0.15, 0.2) is 49.7 Å². The molecule has 4 aliphatic heterocycles. The number of fused-ring (bicyclic) bond motifs is 4. The van der Waals surface area contributed by atoms with Gasteiger partial charge in [0.25, 0.3) is 0 Å². The lowest BCUT2D eigenvalue weighted by Crippen LogP contribution is -2.57. The van der Waals surface area contributed by atoms with Crippen LogP contribution in [0.1, 0.15) is 67.3 Å². The fraction of sp³-hybridized carbons (Fsp3) is 0.500. The van der Waals surface area contributed by atoms with Crippen LogP contribution < -0.4 is 4.90 Å². The Labute approximate surface area is 225 Å². The molecule has 6 heteroatoms. The molecule has 3 aromatic rings. The third kappa shape index (κ3) is 3.87. The summed E-state index contributed by atoms with van der Waals surface area (Å²) >= 11 is 0. The number of anilines is 1. The van der Waals surface area contributed by atoms with Crippen LogP contribution in [-0.4, -0.2) is 50.3 Å². The normalized spacial score (nSPS) is 25.9. The van der Waals surface area contributed by atoms with E-state index in [0.29, 0.717) is 12.0 Å². The van der Waals surface area contributed by atoms with Crippen molar-refractivity contribution in [1.29, 1.82) is 0 Å². The zero-order valence-electron chi connectivity index (χ0n) is 22.4. The number of hydrogen-bond donors (Lipinski definition) is 0. The molecule has 2 saturated carbocycles. The average Bonchev–Trinajstić information content (AvgIpc) is 3.30. The Morgan fingerprint density at radius 1 is 0.947 bits per heavy atom. The maximum atomic E-state index is 4.93. The van der Waals surface area contributed by atoms with Crippen LogP contribution in [0.2, 0.25) is 0 Å². The second kappa shape index (κ2) is 8.70. The highest BCUT2D eigenvalue weighted by molar-refractivity contribution is 5.83. The minimum absolute atomic E-state index is 0.555. The van der Waals surface area contributed by atoms with E-state index in [1.54, 1.807) is 0 Å². The summed E-state index contributed by atoms with van der Waals surface area (Å²) in [6.07, 6.45) is 22.8. The summed E-state index contributed by atoms with van der Waals surface area (Å²) in [5, 5.41) is 0. The van der Waals surface area contributed by atoms with Gasteiger partial charge in [-0.15, -0.1) is 0 Å². The fourth-order valence-corrected chi connectivity index (χ4v) is 8.02. The molecule has 1 spiro atoms. The van der Waals surface area contributed by atoms with Gasteiger partial charge >= 0.3 is 0 Å². The van der Waals surface area contributed by atoms with E-state index in [-0.39, 0.29) is 0 Å². The first kappa shape index (κ1) is 22.8. The smallest absolute Gasteiger partial charge is 0.137 e. The van der Waals surface area contributed by atoms with E-state index in [4.69, 9.17) is 4.98 Å². The Bertz CT molecular complexity index is 1400. The standard InChI is InChI=1S/C32H38N6/c1-23-29-13-33-14-30(38-21-32(22-38)8-3-2-4-9-32)28(29)7-10-36(23)19-27-20-37-18-24(5-6-31(37)34-27)15-35-16-25-11-26(12-25)17-35/h5-7,10,13-14,18,20,25-26H,1-4,8-9,11-12,15-17,19,21-22H2. The van der Waals surface area contributed by atoms with Gasteiger partial charge < -0.3 is 14.2 Å². The first-order valence-corrected chi connectivity index (χ1v) is 14.7. The van der Waals surface area contributed by atoms with Crippen LogP contribution in [0.5, 0.6) is 0 Å². The second-order valence-electron chi connectivity index (χ2n) is 12.9. The molecule has 0 atom stereocenters. The molecule has 0 N–H and O–H groups in total. The van der Waals surface area contributed by atoms with E-state index in [1.807, 2.05) is 6.20 Å². The van der Waals surface area contributed by atoms with Crippen LogP contribution in [0.4, 0.5) is 5.69 Å². The largest absolute Gasteiger partial charge is 0.369 e. The van der Waals surface area contributed by atoms with E-state index in [9.17, 15) is 0 Å². The topological polar surface area (TPSA) is 39.9 Å². The third-order valence-corrected chi connectivity index (χ3v) is 10.0. The molecular formula is C32H38N6. The summed E-state index contributed by atoms with van der Waals surface area (Å²) in [7, 11) is 0. The zero-order valence-corrected chi connectivity index (χ0v) is 22.4. The third-order valence-electron chi connectivity index (χ3n) is 10.0. The summed E-state index contributed by atoms with van der Waals surface area (Å²) in [5.41, 5.74) is 8.67. The van der Waals surface area contributed by atoms with Gasteiger partial charge in [-0.1, -0.05) is 31.9 Å². The van der Waals surface area contributed by atoms with Crippen LogP contribution in [-0.2, 0) is 13.1 Å². The molecule has 2 aliphatic carbocycles. The Morgan fingerprint density at radius 2 is 1.76 bits per heavy atom. The van der Waals surface area contributed by atoms with Gasteiger partial charge in [-0.2, -0.15) is 0 Å². The van der Waals surface area contributed by atoms with Gasteiger partial charge in [0, 0.05) is 79.8 Å². The lowest BCUT2D eigenvalue weighted by Gasteiger charge is -2.54. The number of aromatic nitrogens is 3. The van der Waals surface area contributed by atoms with Gasteiger partial charge in [-0.05, 0) is 55.2 Å². The van der Waals surface area contributed by atoms with Crippen LogP contribution in [0.3, 0.4) is 0 Å². The number of rotatable bonds is 5. The minimum atomic E-state index is 0.555. The van der Waals surface area contributed by atoms with Crippen molar-refractivity contribution in [3.8, 4) is 0 Å². The average molecular weight is 507 g/mol. The van der Waals surface area contributed by atoms with Crippen LogP contribution in [0.25, 0.3) is 17.4 Å². The van der Waals surface area contributed by atoms with Crippen LogP contribution >= 0.6 is 0 Å². The van der Waals surface area contributed by atoms with Crippen molar-refractivity contribution in [3.63, 3.8) is 0 Å².